The van der Waals surface area contributed by atoms with E-state index < -0.39 is 11.7 Å². The summed E-state index contributed by atoms with van der Waals surface area (Å²) < 4.78 is 5.40. The number of carbonyl (C=O) groups excluding carboxylic acids is 3. The standard InChI is InChI=1S/C31H35N5O4S/c1-31(2,3)40-30(39)33-21-14-15-35(18-21)26-10-6-8-23(34-26)29(38)36-16-13-19-17-25(28(37)32-20-11-12-20)41-27(19)22-7-4-5-9-24(22)36/h4-10,17,20-21H,11-16,18H2,1-3H3,(H,32,37)(H,33,39)/t21-/m1/s1. The second-order valence-electron chi connectivity index (χ2n) is 11.9. The van der Waals surface area contributed by atoms with Crippen molar-refractivity contribution in [1.82, 2.24) is 15.6 Å². The number of nitrogens with one attached hydrogen (secondary N) is 2. The molecule has 4 heterocycles. The highest BCUT2D eigenvalue weighted by molar-refractivity contribution is 7.17. The quantitative estimate of drug-likeness (QED) is 0.445. The van der Waals surface area contributed by atoms with E-state index in [1.54, 1.807) is 11.0 Å². The number of hydrogen-bond acceptors (Lipinski definition) is 7. The third-order valence-electron chi connectivity index (χ3n) is 7.42. The van der Waals surface area contributed by atoms with Crippen LogP contribution in [0.2, 0.25) is 0 Å². The van der Waals surface area contributed by atoms with Crippen molar-refractivity contribution >= 4 is 40.7 Å². The summed E-state index contributed by atoms with van der Waals surface area (Å²) in [4.78, 5) is 49.3. The van der Waals surface area contributed by atoms with Crippen LogP contribution in [0.3, 0.4) is 0 Å². The number of amides is 3. The molecule has 1 atom stereocenters. The highest BCUT2D eigenvalue weighted by atomic mass is 32.1. The minimum Gasteiger partial charge on any atom is -0.444 e. The lowest BCUT2D eigenvalue weighted by Crippen LogP contribution is -2.40. The summed E-state index contributed by atoms with van der Waals surface area (Å²) in [5.41, 5.74) is 2.68. The average molecular weight is 574 g/mol. The van der Waals surface area contributed by atoms with E-state index in [1.807, 2.05) is 63.2 Å². The fourth-order valence-corrected chi connectivity index (χ4v) is 6.47. The van der Waals surface area contributed by atoms with E-state index in [0.29, 0.717) is 43.6 Å². The van der Waals surface area contributed by atoms with Gasteiger partial charge >= 0.3 is 6.09 Å². The molecule has 10 heteroatoms. The minimum absolute atomic E-state index is 0.0116. The number of aromatic nitrogens is 1. The summed E-state index contributed by atoms with van der Waals surface area (Å²) in [7, 11) is 0. The Kier molecular flexibility index (Phi) is 7.19. The van der Waals surface area contributed by atoms with Crippen LogP contribution in [0.15, 0.2) is 48.5 Å². The molecule has 2 fully saturated rings. The summed E-state index contributed by atoms with van der Waals surface area (Å²) in [6.07, 6.45) is 3.08. The fraction of sp³-hybridized carbons (Fsp3) is 0.419. The van der Waals surface area contributed by atoms with Gasteiger partial charge in [-0.1, -0.05) is 24.3 Å². The number of anilines is 2. The molecule has 3 aliphatic rings. The van der Waals surface area contributed by atoms with Crippen molar-refractivity contribution in [3.05, 3.63) is 64.7 Å². The lowest BCUT2D eigenvalue weighted by atomic mass is 10.1. The number of hydrogen-bond donors (Lipinski definition) is 2. The van der Waals surface area contributed by atoms with E-state index in [0.717, 1.165) is 45.8 Å². The summed E-state index contributed by atoms with van der Waals surface area (Å²) in [6.45, 7) is 7.32. The van der Waals surface area contributed by atoms with Crippen LogP contribution in [-0.2, 0) is 11.2 Å². The number of alkyl carbamates (subject to hydrolysis) is 1. The van der Waals surface area contributed by atoms with E-state index >= 15 is 0 Å². The van der Waals surface area contributed by atoms with Gasteiger partial charge in [-0.25, -0.2) is 9.78 Å². The van der Waals surface area contributed by atoms with Crippen molar-refractivity contribution in [2.24, 2.45) is 0 Å². The topological polar surface area (TPSA) is 104 Å². The number of pyridine rings is 1. The Hall–Kier alpha value is -3.92. The molecule has 0 radical (unpaired) electrons. The Morgan fingerprint density at radius 2 is 1.78 bits per heavy atom. The van der Waals surface area contributed by atoms with E-state index in [1.165, 1.54) is 11.3 Å². The van der Waals surface area contributed by atoms with Gasteiger partial charge in [0, 0.05) is 36.1 Å². The predicted octanol–water partition coefficient (Wildman–Crippen LogP) is 5.01. The molecule has 2 N–H and O–H groups in total. The molecule has 0 spiro atoms. The van der Waals surface area contributed by atoms with Crippen LogP contribution in [0.4, 0.5) is 16.3 Å². The zero-order valence-corrected chi connectivity index (χ0v) is 24.4. The Morgan fingerprint density at radius 1 is 0.976 bits per heavy atom. The number of nitrogens with zero attached hydrogens (tertiary/aromatic N) is 3. The van der Waals surface area contributed by atoms with Crippen molar-refractivity contribution in [3.8, 4) is 10.4 Å². The molecule has 6 rings (SSSR count). The first kappa shape index (κ1) is 27.3. The third kappa shape index (κ3) is 6.07. The summed E-state index contributed by atoms with van der Waals surface area (Å²) in [6, 6.07) is 15.6. The van der Waals surface area contributed by atoms with Crippen LogP contribution in [0, 0.1) is 0 Å². The molecule has 0 unspecified atom stereocenters. The molecule has 3 aromatic rings. The maximum atomic E-state index is 13.9. The van der Waals surface area contributed by atoms with Crippen LogP contribution in [0.5, 0.6) is 0 Å². The molecule has 1 saturated carbocycles. The third-order valence-corrected chi connectivity index (χ3v) is 8.63. The van der Waals surface area contributed by atoms with Crippen molar-refractivity contribution in [2.45, 2.75) is 64.1 Å². The number of para-hydroxylation sites is 1. The Balaban J connectivity index is 1.19. The van der Waals surface area contributed by atoms with Gasteiger partial charge in [0.05, 0.1) is 16.6 Å². The number of thiophene rings is 1. The molecule has 3 amide bonds. The first-order chi connectivity index (χ1) is 19.6. The van der Waals surface area contributed by atoms with Gasteiger partial charge in [0.15, 0.2) is 0 Å². The lowest BCUT2D eigenvalue weighted by Gasteiger charge is -2.24. The van der Waals surface area contributed by atoms with Crippen molar-refractivity contribution in [2.75, 3.05) is 29.4 Å². The molecule has 0 bridgehead atoms. The second-order valence-corrected chi connectivity index (χ2v) is 12.9. The summed E-state index contributed by atoms with van der Waals surface area (Å²) in [5, 5.41) is 6.03. The van der Waals surface area contributed by atoms with Gasteiger partial charge < -0.3 is 25.2 Å². The number of carbonyl (C=O) groups is 3. The number of rotatable bonds is 5. The van der Waals surface area contributed by atoms with E-state index in [4.69, 9.17) is 9.72 Å². The first-order valence-corrected chi connectivity index (χ1v) is 15.0. The van der Waals surface area contributed by atoms with Crippen LogP contribution in [-0.4, -0.2) is 60.2 Å². The maximum Gasteiger partial charge on any atom is 0.407 e. The molecule has 1 aromatic carbocycles. The summed E-state index contributed by atoms with van der Waals surface area (Å²) >= 11 is 1.49. The van der Waals surface area contributed by atoms with E-state index in [2.05, 4.69) is 15.5 Å². The smallest absolute Gasteiger partial charge is 0.407 e. The number of benzene rings is 1. The molecule has 2 aromatic heterocycles. The van der Waals surface area contributed by atoms with E-state index in [-0.39, 0.29) is 17.9 Å². The zero-order chi connectivity index (χ0) is 28.7. The van der Waals surface area contributed by atoms with Crippen LogP contribution < -0.4 is 20.4 Å². The monoisotopic (exact) mass is 573 g/mol. The van der Waals surface area contributed by atoms with Crippen LogP contribution in [0.25, 0.3) is 10.4 Å². The Morgan fingerprint density at radius 3 is 2.56 bits per heavy atom. The van der Waals surface area contributed by atoms with Gasteiger partial charge in [0.2, 0.25) is 0 Å². The van der Waals surface area contributed by atoms with Gasteiger partial charge in [0.1, 0.15) is 17.1 Å². The maximum absolute atomic E-state index is 13.9. The van der Waals surface area contributed by atoms with Crippen molar-refractivity contribution < 1.29 is 19.1 Å². The lowest BCUT2D eigenvalue weighted by molar-refractivity contribution is 0.0508. The highest BCUT2D eigenvalue weighted by Gasteiger charge is 2.31. The molecule has 9 nitrogen and oxygen atoms in total. The van der Waals surface area contributed by atoms with Crippen LogP contribution in [0.1, 0.15) is 65.8 Å². The Bertz CT molecular complexity index is 1490. The molecule has 41 heavy (non-hydrogen) atoms. The molecule has 1 aliphatic carbocycles. The molecule has 1 saturated heterocycles. The fourth-order valence-electron chi connectivity index (χ4n) is 5.32. The first-order valence-electron chi connectivity index (χ1n) is 14.2. The van der Waals surface area contributed by atoms with Gasteiger partial charge in [-0.15, -0.1) is 11.3 Å². The van der Waals surface area contributed by atoms with Gasteiger partial charge in [-0.3, -0.25) is 9.59 Å². The SMILES string of the molecule is CC(C)(C)OC(=O)N[C@@H]1CCN(c2cccc(C(=O)N3CCc4cc(C(=O)NC5CC5)sc4-c4ccccc43)n2)C1. The normalized spacial score (nSPS) is 18.3. The van der Waals surface area contributed by atoms with E-state index in [9.17, 15) is 14.4 Å². The second kappa shape index (κ2) is 10.8. The number of ether oxygens (including phenoxy) is 1. The molecule has 214 valence electrons. The predicted molar refractivity (Wildman–Crippen MR) is 160 cm³/mol. The molecular formula is C31H35N5O4S. The van der Waals surface area contributed by atoms with Gasteiger partial charge in [-0.05, 0) is 76.3 Å². The summed E-state index contributed by atoms with van der Waals surface area (Å²) in [5.74, 6) is 0.532. The minimum atomic E-state index is -0.553. The van der Waals surface area contributed by atoms with Crippen molar-refractivity contribution in [3.63, 3.8) is 0 Å². The zero-order valence-electron chi connectivity index (χ0n) is 23.6. The highest BCUT2D eigenvalue weighted by Crippen LogP contribution is 2.42. The van der Waals surface area contributed by atoms with Gasteiger partial charge in [0.25, 0.3) is 11.8 Å². The van der Waals surface area contributed by atoms with Gasteiger partial charge in [-0.2, -0.15) is 0 Å². The molecular weight excluding hydrogens is 538 g/mol. The van der Waals surface area contributed by atoms with Crippen LogP contribution >= 0.6 is 11.3 Å². The molecule has 2 aliphatic heterocycles. The Labute approximate surface area is 243 Å². The largest absolute Gasteiger partial charge is 0.444 e. The average Bonchev–Trinajstić information content (AvgIpc) is 3.49. The number of fused-ring (bicyclic) bond motifs is 3. The van der Waals surface area contributed by atoms with Crippen molar-refractivity contribution in [1.29, 1.82) is 0 Å².